The summed E-state index contributed by atoms with van der Waals surface area (Å²) in [5, 5.41) is 0. The Balaban J connectivity index is 1.60. The Bertz CT molecular complexity index is 604. The van der Waals surface area contributed by atoms with Crippen LogP contribution in [0.1, 0.15) is 29.5 Å². The molecule has 115 valence electrons. The normalized spacial score (nSPS) is 15.9. The molecule has 2 heteroatoms. The van der Waals surface area contributed by atoms with E-state index in [4.69, 9.17) is 4.74 Å². The van der Waals surface area contributed by atoms with Crippen molar-refractivity contribution in [2.24, 2.45) is 0 Å². The molecule has 0 N–H and O–H groups in total. The Labute approximate surface area is 133 Å². The number of anilines is 1. The highest BCUT2D eigenvalue weighted by Crippen LogP contribution is 2.25. The molecule has 1 aliphatic heterocycles. The van der Waals surface area contributed by atoms with Crippen molar-refractivity contribution >= 4 is 5.69 Å². The number of hydrogen-bond acceptors (Lipinski definition) is 2. The fraction of sp³-hybridized carbons (Fsp3) is 0.400. The second-order valence-electron chi connectivity index (χ2n) is 6.23. The van der Waals surface area contributed by atoms with Gasteiger partial charge in [-0.25, -0.2) is 0 Å². The van der Waals surface area contributed by atoms with Crippen LogP contribution in [0, 0.1) is 26.8 Å². The smallest absolute Gasteiger partial charge is 0.120 e. The van der Waals surface area contributed by atoms with Gasteiger partial charge in [0.15, 0.2) is 0 Å². The first-order chi connectivity index (χ1) is 10.6. The number of hydrogen-bond donors (Lipinski definition) is 0. The highest BCUT2D eigenvalue weighted by molar-refractivity contribution is 5.45. The number of para-hydroxylation sites is 1. The first kappa shape index (κ1) is 15.0. The summed E-state index contributed by atoms with van der Waals surface area (Å²) in [6, 6.07) is 15.8. The van der Waals surface area contributed by atoms with Crippen LogP contribution in [0.15, 0.2) is 36.4 Å². The van der Waals surface area contributed by atoms with Crippen molar-refractivity contribution in [1.29, 1.82) is 0 Å². The third kappa shape index (κ3) is 3.27. The minimum absolute atomic E-state index is 0.321. The van der Waals surface area contributed by atoms with Gasteiger partial charge >= 0.3 is 0 Å². The average molecular weight is 294 g/mol. The van der Waals surface area contributed by atoms with Gasteiger partial charge in [0.05, 0.1) is 0 Å². The largest absolute Gasteiger partial charge is 0.490 e. The van der Waals surface area contributed by atoms with Gasteiger partial charge in [-0.3, -0.25) is 0 Å². The van der Waals surface area contributed by atoms with Gasteiger partial charge in [0.2, 0.25) is 0 Å². The zero-order valence-electron chi connectivity index (χ0n) is 13.7. The molecular weight excluding hydrogens is 270 g/mol. The van der Waals surface area contributed by atoms with E-state index in [1.807, 2.05) is 12.1 Å². The summed E-state index contributed by atoms with van der Waals surface area (Å²) in [5.41, 5.74) is 5.18. The van der Waals surface area contributed by atoms with Crippen LogP contribution in [0.3, 0.4) is 0 Å². The minimum Gasteiger partial charge on any atom is -0.490 e. The van der Waals surface area contributed by atoms with Crippen molar-refractivity contribution in [3.8, 4) is 5.75 Å². The molecule has 0 aliphatic carbocycles. The summed E-state index contributed by atoms with van der Waals surface area (Å²) in [5.74, 6) is 1.02. The molecule has 1 saturated heterocycles. The van der Waals surface area contributed by atoms with Crippen LogP contribution in [0.4, 0.5) is 5.69 Å². The Morgan fingerprint density at radius 2 is 1.73 bits per heavy atom. The molecule has 3 rings (SSSR count). The number of benzene rings is 2. The maximum absolute atomic E-state index is 6.22. The molecule has 2 nitrogen and oxygen atoms in total. The second kappa shape index (κ2) is 6.43. The van der Waals surface area contributed by atoms with Crippen LogP contribution >= 0.6 is 0 Å². The molecule has 0 spiro atoms. The van der Waals surface area contributed by atoms with E-state index in [0.29, 0.717) is 6.10 Å². The lowest BCUT2D eigenvalue weighted by Gasteiger charge is -2.33. The van der Waals surface area contributed by atoms with Gasteiger partial charge in [0.25, 0.3) is 0 Å². The lowest BCUT2D eigenvalue weighted by molar-refractivity contribution is 0.170. The van der Waals surface area contributed by atoms with E-state index in [0.717, 1.165) is 31.7 Å². The summed E-state index contributed by atoms with van der Waals surface area (Å²) in [6.45, 7) is 8.55. The van der Waals surface area contributed by atoms with E-state index in [9.17, 15) is 0 Å². The van der Waals surface area contributed by atoms with Crippen LogP contribution in [0.25, 0.3) is 0 Å². The van der Waals surface area contributed by atoms with Crippen molar-refractivity contribution in [3.05, 3.63) is 59.2 Å². The van der Waals surface area contributed by atoms with E-state index >= 15 is 0 Å². The number of rotatable bonds is 3. The van der Waals surface area contributed by atoms with Crippen molar-refractivity contribution in [3.63, 3.8) is 0 Å². The molecule has 1 radical (unpaired) electrons. The summed E-state index contributed by atoms with van der Waals surface area (Å²) in [4.78, 5) is 2.39. The zero-order valence-corrected chi connectivity index (χ0v) is 13.7. The number of nitrogens with zero attached hydrogens (tertiary/aromatic N) is 1. The SMILES string of the molecule is Cc1cc(OC2CCN(c3[c]cccc3)CC2)cc(C)c1C. The van der Waals surface area contributed by atoms with Gasteiger partial charge in [0.1, 0.15) is 11.9 Å². The Morgan fingerprint density at radius 3 is 2.32 bits per heavy atom. The molecule has 0 atom stereocenters. The summed E-state index contributed by atoms with van der Waals surface area (Å²) < 4.78 is 6.22. The average Bonchev–Trinajstić information content (AvgIpc) is 2.54. The third-order valence-corrected chi connectivity index (χ3v) is 4.68. The van der Waals surface area contributed by atoms with Crippen LogP contribution in [0.5, 0.6) is 5.75 Å². The fourth-order valence-corrected chi connectivity index (χ4v) is 3.05. The van der Waals surface area contributed by atoms with Crippen molar-refractivity contribution in [2.45, 2.75) is 39.7 Å². The standard InChI is InChI=1S/C20H24NO/c1-15-13-20(14-16(2)17(15)3)22-19-9-11-21(12-10-19)18-7-5-4-6-8-18/h4-7,13-14,19H,9-12H2,1-3H3. The van der Waals surface area contributed by atoms with E-state index in [1.54, 1.807) is 0 Å². The molecule has 0 saturated carbocycles. The van der Waals surface area contributed by atoms with Gasteiger partial charge in [-0.05, 0) is 55.7 Å². The van der Waals surface area contributed by atoms with Crippen molar-refractivity contribution in [1.82, 2.24) is 0 Å². The predicted octanol–water partition coefficient (Wildman–Crippen LogP) is 4.46. The summed E-state index contributed by atoms with van der Waals surface area (Å²) in [6.07, 6.45) is 2.45. The van der Waals surface area contributed by atoms with Crippen LogP contribution < -0.4 is 9.64 Å². The Morgan fingerprint density at radius 1 is 1.05 bits per heavy atom. The Kier molecular flexibility index (Phi) is 4.37. The first-order valence-corrected chi connectivity index (χ1v) is 8.09. The maximum Gasteiger partial charge on any atom is 0.120 e. The van der Waals surface area contributed by atoms with Crippen molar-refractivity contribution < 1.29 is 4.74 Å². The highest BCUT2D eigenvalue weighted by atomic mass is 16.5. The molecule has 1 fully saturated rings. The molecule has 1 aliphatic rings. The van der Waals surface area contributed by atoms with Crippen LogP contribution in [-0.2, 0) is 0 Å². The maximum atomic E-state index is 6.22. The van der Waals surface area contributed by atoms with Crippen LogP contribution in [-0.4, -0.2) is 19.2 Å². The zero-order chi connectivity index (χ0) is 15.5. The Hall–Kier alpha value is -1.96. The monoisotopic (exact) mass is 294 g/mol. The van der Waals surface area contributed by atoms with Gasteiger partial charge in [-0.1, -0.05) is 18.2 Å². The van der Waals surface area contributed by atoms with Gasteiger partial charge in [-0.2, -0.15) is 0 Å². The minimum atomic E-state index is 0.321. The highest BCUT2D eigenvalue weighted by Gasteiger charge is 2.21. The molecule has 0 amide bonds. The van der Waals surface area contributed by atoms with E-state index in [2.05, 4.69) is 56.0 Å². The molecule has 22 heavy (non-hydrogen) atoms. The van der Waals surface area contributed by atoms with E-state index in [1.165, 1.54) is 22.4 Å². The number of piperidine rings is 1. The van der Waals surface area contributed by atoms with E-state index in [-0.39, 0.29) is 0 Å². The third-order valence-electron chi connectivity index (χ3n) is 4.68. The topological polar surface area (TPSA) is 12.5 Å². The second-order valence-corrected chi connectivity index (χ2v) is 6.23. The summed E-state index contributed by atoms with van der Waals surface area (Å²) in [7, 11) is 0. The predicted molar refractivity (Wildman–Crippen MR) is 91.8 cm³/mol. The quantitative estimate of drug-likeness (QED) is 0.828. The molecule has 2 aromatic carbocycles. The number of aryl methyl sites for hydroxylation is 2. The lowest BCUT2D eigenvalue weighted by atomic mass is 10.0. The van der Waals surface area contributed by atoms with Crippen LogP contribution in [0.2, 0.25) is 0 Å². The van der Waals surface area contributed by atoms with Crippen molar-refractivity contribution in [2.75, 3.05) is 18.0 Å². The van der Waals surface area contributed by atoms with Gasteiger partial charge < -0.3 is 9.64 Å². The molecule has 0 unspecified atom stereocenters. The molecule has 0 bridgehead atoms. The summed E-state index contributed by atoms with van der Waals surface area (Å²) >= 11 is 0. The molecule has 0 aromatic heterocycles. The van der Waals surface area contributed by atoms with E-state index < -0.39 is 0 Å². The number of ether oxygens (including phenoxy) is 1. The lowest BCUT2D eigenvalue weighted by Crippen LogP contribution is -2.38. The molecular formula is C20H24NO. The molecule has 1 heterocycles. The van der Waals surface area contributed by atoms with Gasteiger partial charge in [-0.15, -0.1) is 0 Å². The van der Waals surface area contributed by atoms with Gasteiger partial charge in [0, 0.05) is 37.7 Å². The fourth-order valence-electron chi connectivity index (χ4n) is 3.05. The molecule has 2 aromatic rings. The first-order valence-electron chi connectivity index (χ1n) is 8.09.